The second kappa shape index (κ2) is 11.5. The Morgan fingerprint density at radius 3 is 2.31 bits per heavy atom. The zero-order valence-corrected chi connectivity index (χ0v) is 21.7. The highest BCUT2D eigenvalue weighted by molar-refractivity contribution is 6.40. The van der Waals surface area contributed by atoms with Gasteiger partial charge >= 0.3 is 5.97 Å². The molecule has 36 heavy (non-hydrogen) atoms. The molecule has 0 saturated heterocycles. The van der Waals surface area contributed by atoms with E-state index in [1.54, 1.807) is 19.1 Å². The van der Waals surface area contributed by atoms with Crippen molar-refractivity contribution in [1.82, 2.24) is 4.98 Å². The molecule has 2 aliphatic rings. The topological polar surface area (TPSA) is 97.7 Å². The van der Waals surface area contributed by atoms with Crippen LogP contribution in [0, 0.1) is 5.41 Å². The van der Waals surface area contributed by atoms with Crippen molar-refractivity contribution in [3.05, 3.63) is 57.8 Å². The summed E-state index contributed by atoms with van der Waals surface area (Å²) < 4.78 is 5.30. The lowest BCUT2D eigenvalue weighted by Crippen LogP contribution is -2.51. The Morgan fingerprint density at radius 2 is 1.72 bits per heavy atom. The van der Waals surface area contributed by atoms with Crippen LogP contribution in [0.25, 0.3) is 0 Å². The number of esters is 1. The zero-order chi connectivity index (χ0) is 25.7. The van der Waals surface area contributed by atoms with Crippen molar-refractivity contribution in [3.8, 4) is 0 Å². The van der Waals surface area contributed by atoms with Crippen LogP contribution in [-0.4, -0.2) is 41.0 Å². The molecule has 1 N–H and O–H groups in total. The average Bonchev–Trinajstić information content (AvgIpc) is 3.13. The molecular weight excluding hydrogens is 501 g/mol. The first-order valence-electron chi connectivity index (χ1n) is 12.3. The van der Waals surface area contributed by atoms with Crippen LogP contribution >= 0.6 is 23.2 Å². The number of ether oxygens (including phenoxy) is 1. The van der Waals surface area contributed by atoms with Gasteiger partial charge in [0.2, 0.25) is 0 Å². The van der Waals surface area contributed by atoms with Crippen molar-refractivity contribution in [2.45, 2.75) is 64.3 Å². The molecule has 9 heteroatoms. The highest BCUT2D eigenvalue weighted by Gasteiger charge is 2.51. The number of nitrogens with zero attached hydrogens (tertiary/aromatic N) is 2. The Morgan fingerprint density at radius 1 is 1.08 bits per heavy atom. The summed E-state index contributed by atoms with van der Waals surface area (Å²) in [4.78, 5) is 46.7. The number of halogens is 2. The molecule has 1 atom stereocenters. The Hall–Kier alpha value is -2.77. The van der Waals surface area contributed by atoms with Gasteiger partial charge in [0.15, 0.2) is 6.04 Å². The van der Waals surface area contributed by atoms with Crippen molar-refractivity contribution in [2.75, 3.05) is 11.9 Å². The monoisotopic (exact) mass is 529 g/mol. The molecule has 4 rings (SSSR count). The molecule has 1 heterocycles. The van der Waals surface area contributed by atoms with E-state index in [1.807, 2.05) is 12.1 Å². The number of benzene rings is 1. The van der Waals surface area contributed by atoms with E-state index in [-0.39, 0.29) is 28.0 Å². The number of anilines is 1. The molecule has 190 valence electrons. The van der Waals surface area contributed by atoms with E-state index in [9.17, 15) is 14.4 Å². The summed E-state index contributed by atoms with van der Waals surface area (Å²) in [6.07, 6.45) is 9.30. The maximum atomic E-state index is 12.8. The number of hydrogen-bond donors (Lipinski definition) is 1. The SMILES string of the molecule is CCOC(=O)[C@H](Cc1ccc(NC(=O)c2c(Cl)cncc2Cl)cc1)N=C1CC(=O)C12CCCCCC2. The van der Waals surface area contributed by atoms with Gasteiger partial charge in [-0.2, -0.15) is 0 Å². The van der Waals surface area contributed by atoms with Crippen molar-refractivity contribution >= 4 is 52.3 Å². The molecule has 2 saturated carbocycles. The molecule has 1 aromatic carbocycles. The van der Waals surface area contributed by atoms with Gasteiger partial charge in [-0.25, -0.2) is 4.79 Å². The minimum Gasteiger partial charge on any atom is -0.464 e. The third-order valence-electron chi connectivity index (χ3n) is 6.96. The largest absolute Gasteiger partial charge is 0.464 e. The maximum Gasteiger partial charge on any atom is 0.331 e. The number of aliphatic imine (C=N–C) groups is 1. The molecule has 0 aliphatic heterocycles. The van der Waals surface area contributed by atoms with E-state index in [0.29, 0.717) is 18.5 Å². The van der Waals surface area contributed by atoms with E-state index in [2.05, 4.69) is 10.3 Å². The number of aromatic nitrogens is 1. The molecule has 1 spiro atoms. The van der Waals surface area contributed by atoms with Crippen molar-refractivity contribution in [1.29, 1.82) is 0 Å². The first-order valence-corrected chi connectivity index (χ1v) is 13.1. The number of pyridine rings is 1. The van der Waals surface area contributed by atoms with Crippen molar-refractivity contribution in [2.24, 2.45) is 10.4 Å². The second-order valence-corrected chi connectivity index (χ2v) is 10.1. The van der Waals surface area contributed by atoms with Gasteiger partial charge in [-0.05, 0) is 37.5 Å². The normalized spacial score (nSPS) is 18.9. The van der Waals surface area contributed by atoms with Gasteiger partial charge in [0.05, 0.1) is 27.6 Å². The molecule has 0 radical (unpaired) electrons. The Bertz CT molecular complexity index is 1150. The van der Waals surface area contributed by atoms with Crippen molar-refractivity contribution in [3.63, 3.8) is 0 Å². The molecule has 2 aromatic rings. The van der Waals surface area contributed by atoms with Gasteiger partial charge in [-0.1, -0.05) is 61.0 Å². The number of hydrogen-bond acceptors (Lipinski definition) is 6. The number of carbonyl (C=O) groups is 3. The lowest BCUT2D eigenvalue weighted by atomic mass is 9.61. The summed E-state index contributed by atoms with van der Waals surface area (Å²) in [7, 11) is 0. The molecule has 7 nitrogen and oxygen atoms in total. The lowest BCUT2D eigenvalue weighted by molar-refractivity contribution is -0.144. The van der Waals surface area contributed by atoms with Gasteiger partial charge in [-0.3, -0.25) is 19.6 Å². The molecule has 0 bridgehead atoms. The lowest BCUT2D eigenvalue weighted by Gasteiger charge is -2.41. The molecule has 2 fully saturated rings. The summed E-state index contributed by atoms with van der Waals surface area (Å²) >= 11 is 12.1. The van der Waals surface area contributed by atoms with Crippen LogP contribution in [0.15, 0.2) is 41.7 Å². The zero-order valence-electron chi connectivity index (χ0n) is 20.2. The van der Waals surface area contributed by atoms with Crippen molar-refractivity contribution < 1.29 is 19.1 Å². The molecule has 0 unspecified atom stereocenters. The number of amides is 1. The fourth-order valence-corrected chi connectivity index (χ4v) is 5.53. The van der Waals surface area contributed by atoms with E-state index in [0.717, 1.165) is 49.8 Å². The average molecular weight is 530 g/mol. The fraction of sp³-hybridized carbons (Fsp3) is 0.444. The minimum atomic E-state index is -0.719. The molecule has 2 aliphatic carbocycles. The second-order valence-electron chi connectivity index (χ2n) is 9.27. The van der Waals surface area contributed by atoms with Crippen LogP contribution in [0.2, 0.25) is 10.0 Å². The number of nitrogens with one attached hydrogen (secondary N) is 1. The predicted octanol–water partition coefficient (Wildman–Crippen LogP) is 5.87. The first kappa shape index (κ1) is 26.3. The molecule has 1 aromatic heterocycles. The highest BCUT2D eigenvalue weighted by Crippen LogP contribution is 2.46. The maximum absolute atomic E-state index is 12.8. The molecule has 1 amide bonds. The number of Topliss-reactive ketones (excluding diaryl/α,β-unsaturated/α-hetero) is 1. The smallest absolute Gasteiger partial charge is 0.331 e. The van der Waals surface area contributed by atoms with Gasteiger partial charge in [0.1, 0.15) is 5.78 Å². The van der Waals surface area contributed by atoms with Crippen LogP contribution in [-0.2, 0) is 20.7 Å². The Labute approximate surface area is 220 Å². The summed E-state index contributed by atoms with van der Waals surface area (Å²) in [6, 6.07) is 6.41. The van der Waals surface area contributed by atoms with Gasteiger partial charge < -0.3 is 10.1 Å². The highest BCUT2D eigenvalue weighted by atomic mass is 35.5. The van der Waals surface area contributed by atoms with Crippen LogP contribution in [0.3, 0.4) is 0 Å². The summed E-state index contributed by atoms with van der Waals surface area (Å²) in [6.45, 7) is 2.02. The van der Waals surface area contributed by atoms with Gasteiger partial charge in [0.25, 0.3) is 5.91 Å². The van der Waals surface area contributed by atoms with Crippen LogP contribution < -0.4 is 5.32 Å². The Balaban J connectivity index is 1.49. The molecular formula is C27H29Cl2N3O4. The van der Waals surface area contributed by atoms with E-state index >= 15 is 0 Å². The summed E-state index contributed by atoms with van der Waals surface area (Å²) in [5.74, 6) is -0.591. The summed E-state index contributed by atoms with van der Waals surface area (Å²) in [5.41, 5.74) is 1.93. The van der Waals surface area contributed by atoms with Crippen LogP contribution in [0.5, 0.6) is 0 Å². The quantitative estimate of drug-likeness (QED) is 0.452. The predicted molar refractivity (Wildman–Crippen MR) is 140 cm³/mol. The third-order valence-corrected chi connectivity index (χ3v) is 7.54. The minimum absolute atomic E-state index is 0.151. The fourth-order valence-electron chi connectivity index (χ4n) is 4.99. The van der Waals surface area contributed by atoms with Gasteiger partial charge in [0, 0.05) is 36.6 Å². The van der Waals surface area contributed by atoms with E-state index < -0.39 is 23.3 Å². The van der Waals surface area contributed by atoms with E-state index in [1.165, 1.54) is 12.4 Å². The van der Waals surface area contributed by atoms with E-state index in [4.69, 9.17) is 32.9 Å². The van der Waals surface area contributed by atoms with Crippen LogP contribution in [0.4, 0.5) is 5.69 Å². The third kappa shape index (κ3) is 5.62. The summed E-state index contributed by atoms with van der Waals surface area (Å²) in [5, 5.41) is 3.09. The first-order chi connectivity index (χ1) is 17.3. The number of ketones is 1. The number of carbonyl (C=O) groups excluding carboxylic acids is 3. The van der Waals surface area contributed by atoms with Gasteiger partial charge in [-0.15, -0.1) is 0 Å². The van der Waals surface area contributed by atoms with Crippen LogP contribution in [0.1, 0.15) is 67.8 Å². The Kier molecular flexibility index (Phi) is 8.42. The number of rotatable bonds is 7. The standard InChI is InChI=1S/C27H29Cl2N3O4/c1-2-36-26(35)21(32-22-14-23(33)27(22)11-5-3-4-6-12-27)13-17-7-9-18(10-8-17)31-25(34)24-19(28)15-30-16-20(24)29/h7-10,15-16,21H,2-6,11-14H2,1H3,(H,31,34)/t21-/m0/s1.